The maximum Gasteiger partial charge on any atom is 0.291 e. The summed E-state index contributed by atoms with van der Waals surface area (Å²) < 4.78 is 11.1. The van der Waals surface area contributed by atoms with Crippen molar-refractivity contribution in [3.63, 3.8) is 0 Å². The Morgan fingerprint density at radius 1 is 0.935 bits per heavy atom. The van der Waals surface area contributed by atoms with E-state index < -0.39 is 5.91 Å². The van der Waals surface area contributed by atoms with Gasteiger partial charge in [0.1, 0.15) is 11.3 Å². The van der Waals surface area contributed by atoms with Gasteiger partial charge in [0.25, 0.3) is 11.8 Å². The van der Waals surface area contributed by atoms with E-state index in [1.165, 1.54) is 38.6 Å². The van der Waals surface area contributed by atoms with E-state index in [-0.39, 0.29) is 17.4 Å². The number of amides is 2. The van der Waals surface area contributed by atoms with Crippen molar-refractivity contribution in [3.05, 3.63) is 54.2 Å². The minimum Gasteiger partial charge on any atom is -0.459 e. The number of para-hydroxylation sites is 1. The van der Waals surface area contributed by atoms with Gasteiger partial charge in [-0.2, -0.15) is 0 Å². The number of fused-ring (bicyclic) bond motifs is 1. The lowest BCUT2D eigenvalue weighted by Crippen LogP contribution is -2.48. The Hall–Kier alpha value is -3.06. The van der Waals surface area contributed by atoms with E-state index in [0.717, 1.165) is 12.8 Å². The van der Waals surface area contributed by atoms with Gasteiger partial charge in [-0.25, -0.2) is 0 Å². The molecular formula is C24H27N3O4. The summed E-state index contributed by atoms with van der Waals surface area (Å²) in [6.07, 6.45) is 7.27. The first-order valence-electron chi connectivity index (χ1n) is 11.1. The van der Waals surface area contributed by atoms with E-state index in [2.05, 4.69) is 10.2 Å². The molecule has 0 atom stereocenters. The van der Waals surface area contributed by atoms with Crippen molar-refractivity contribution in [2.24, 2.45) is 0 Å². The number of carbonyl (C=O) groups is 2. The molecule has 4 heterocycles. The molecule has 0 radical (unpaired) electrons. The molecule has 1 N–H and O–H groups in total. The second-order valence-corrected chi connectivity index (χ2v) is 8.35. The standard InChI is InChI=1S/C24H27N3O4/c28-23(20-9-6-16-30-20)25-21-18-7-2-3-8-19(18)31-22(21)24(29)27-14-10-17(11-15-27)26-12-4-1-5-13-26/h2-3,6-9,16-17H,1,4-5,10-15H2,(H,25,28). The first-order chi connectivity index (χ1) is 15.2. The summed E-state index contributed by atoms with van der Waals surface area (Å²) >= 11 is 0. The minimum absolute atomic E-state index is 0.178. The van der Waals surface area contributed by atoms with Crippen LogP contribution in [0.2, 0.25) is 0 Å². The van der Waals surface area contributed by atoms with Crippen molar-refractivity contribution >= 4 is 28.5 Å². The van der Waals surface area contributed by atoms with Crippen LogP contribution in [0.5, 0.6) is 0 Å². The lowest BCUT2D eigenvalue weighted by Gasteiger charge is -2.40. The van der Waals surface area contributed by atoms with E-state index >= 15 is 0 Å². The highest BCUT2D eigenvalue weighted by Gasteiger charge is 2.31. The zero-order valence-corrected chi connectivity index (χ0v) is 17.5. The second kappa shape index (κ2) is 8.59. The van der Waals surface area contributed by atoms with Crippen LogP contribution in [0.25, 0.3) is 11.0 Å². The molecule has 0 spiro atoms. The summed E-state index contributed by atoms with van der Waals surface area (Å²) in [4.78, 5) is 30.4. The Balaban J connectivity index is 1.35. The Morgan fingerprint density at radius 3 is 2.45 bits per heavy atom. The van der Waals surface area contributed by atoms with Crippen molar-refractivity contribution in [1.29, 1.82) is 0 Å². The molecule has 31 heavy (non-hydrogen) atoms. The Bertz CT molecular complexity index is 1060. The average molecular weight is 421 g/mol. The number of benzene rings is 1. The molecule has 0 saturated carbocycles. The van der Waals surface area contributed by atoms with E-state index in [9.17, 15) is 9.59 Å². The van der Waals surface area contributed by atoms with Crippen LogP contribution in [0.15, 0.2) is 51.5 Å². The summed E-state index contributed by atoms with van der Waals surface area (Å²) in [5.74, 6) is -0.221. The van der Waals surface area contributed by atoms with Crippen LogP contribution in [-0.4, -0.2) is 53.8 Å². The summed E-state index contributed by atoms with van der Waals surface area (Å²) in [5, 5.41) is 3.54. The fraction of sp³-hybridized carbons (Fsp3) is 0.417. The summed E-state index contributed by atoms with van der Waals surface area (Å²) in [5.41, 5.74) is 0.976. The topological polar surface area (TPSA) is 78.9 Å². The van der Waals surface area contributed by atoms with Gasteiger partial charge in [-0.15, -0.1) is 0 Å². The van der Waals surface area contributed by atoms with Crippen LogP contribution in [0, 0.1) is 0 Å². The molecule has 7 heteroatoms. The second-order valence-electron chi connectivity index (χ2n) is 8.35. The molecule has 2 fully saturated rings. The Kier molecular flexibility index (Phi) is 5.51. The summed E-state index contributed by atoms with van der Waals surface area (Å²) in [7, 11) is 0. The van der Waals surface area contributed by atoms with Gasteiger partial charge in [0.15, 0.2) is 5.76 Å². The van der Waals surface area contributed by atoms with Crippen molar-refractivity contribution in [1.82, 2.24) is 9.80 Å². The predicted octanol–water partition coefficient (Wildman–Crippen LogP) is 4.37. The van der Waals surface area contributed by atoms with Crippen LogP contribution in [0.4, 0.5) is 5.69 Å². The molecule has 7 nitrogen and oxygen atoms in total. The van der Waals surface area contributed by atoms with E-state index in [0.29, 0.717) is 35.8 Å². The smallest absolute Gasteiger partial charge is 0.291 e. The van der Waals surface area contributed by atoms with Crippen molar-refractivity contribution in [2.75, 3.05) is 31.5 Å². The van der Waals surface area contributed by atoms with Crippen molar-refractivity contribution in [3.8, 4) is 0 Å². The number of carbonyl (C=O) groups excluding carboxylic acids is 2. The molecule has 5 rings (SSSR count). The van der Waals surface area contributed by atoms with Crippen molar-refractivity contribution in [2.45, 2.75) is 38.1 Å². The van der Waals surface area contributed by atoms with Crippen LogP contribution < -0.4 is 5.32 Å². The molecule has 2 saturated heterocycles. The number of likely N-dealkylation sites (tertiary alicyclic amines) is 2. The van der Waals surface area contributed by atoms with E-state index in [1.54, 1.807) is 18.2 Å². The van der Waals surface area contributed by atoms with Crippen LogP contribution >= 0.6 is 0 Å². The van der Waals surface area contributed by atoms with Gasteiger partial charge in [-0.1, -0.05) is 18.6 Å². The molecule has 2 aromatic heterocycles. The molecule has 3 aromatic rings. The quantitative estimate of drug-likeness (QED) is 0.677. The van der Waals surface area contributed by atoms with Gasteiger partial charge in [-0.3, -0.25) is 9.59 Å². The average Bonchev–Trinajstić information content (AvgIpc) is 3.48. The molecule has 1 aromatic carbocycles. The lowest BCUT2D eigenvalue weighted by molar-refractivity contribution is 0.0565. The molecule has 0 unspecified atom stereocenters. The van der Waals surface area contributed by atoms with Gasteiger partial charge in [-0.05, 0) is 63.0 Å². The molecule has 162 valence electrons. The number of rotatable bonds is 4. The third kappa shape index (κ3) is 3.97. The van der Waals surface area contributed by atoms with E-state index in [4.69, 9.17) is 8.83 Å². The number of anilines is 1. The third-order valence-electron chi connectivity index (χ3n) is 6.43. The molecule has 2 aliphatic rings. The molecule has 0 aliphatic carbocycles. The zero-order chi connectivity index (χ0) is 21.2. The molecule has 2 amide bonds. The molecular weight excluding hydrogens is 394 g/mol. The van der Waals surface area contributed by atoms with Crippen molar-refractivity contribution < 1.29 is 18.4 Å². The first-order valence-corrected chi connectivity index (χ1v) is 11.1. The Labute approximate surface area is 181 Å². The number of nitrogens with one attached hydrogen (secondary N) is 1. The van der Waals surface area contributed by atoms with Crippen LogP contribution in [0.1, 0.15) is 53.2 Å². The highest BCUT2D eigenvalue weighted by Crippen LogP contribution is 2.33. The fourth-order valence-corrected chi connectivity index (χ4v) is 4.76. The van der Waals surface area contributed by atoms with Gasteiger partial charge in [0.05, 0.1) is 6.26 Å². The summed E-state index contributed by atoms with van der Waals surface area (Å²) in [6.45, 7) is 3.74. The fourth-order valence-electron chi connectivity index (χ4n) is 4.76. The zero-order valence-electron chi connectivity index (χ0n) is 17.5. The van der Waals surface area contributed by atoms with Gasteiger partial charge < -0.3 is 24.0 Å². The maximum absolute atomic E-state index is 13.4. The van der Waals surface area contributed by atoms with Gasteiger partial charge >= 0.3 is 0 Å². The SMILES string of the molecule is O=C(Nc1c(C(=O)N2CCC(N3CCCCC3)CC2)oc2ccccc12)c1ccco1. The summed E-state index contributed by atoms with van der Waals surface area (Å²) in [6, 6.07) is 11.2. The van der Waals surface area contributed by atoms with Gasteiger partial charge in [0.2, 0.25) is 5.76 Å². The molecule has 0 bridgehead atoms. The number of piperidine rings is 2. The molecule has 2 aliphatic heterocycles. The highest BCUT2D eigenvalue weighted by atomic mass is 16.4. The number of nitrogens with zero attached hydrogens (tertiary/aromatic N) is 2. The van der Waals surface area contributed by atoms with Gasteiger partial charge in [0, 0.05) is 24.5 Å². The van der Waals surface area contributed by atoms with Crippen LogP contribution in [-0.2, 0) is 0 Å². The predicted molar refractivity (Wildman–Crippen MR) is 117 cm³/mol. The Morgan fingerprint density at radius 2 is 1.71 bits per heavy atom. The monoisotopic (exact) mass is 421 g/mol. The minimum atomic E-state index is -0.408. The van der Waals surface area contributed by atoms with E-state index in [1.807, 2.05) is 23.1 Å². The number of furan rings is 2. The first kappa shape index (κ1) is 19.9. The number of hydrogen-bond acceptors (Lipinski definition) is 5. The highest BCUT2D eigenvalue weighted by molar-refractivity contribution is 6.13. The maximum atomic E-state index is 13.4. The van der Waals surface area contributed by atoms with Crippen LogP contribution in [0.3, 0.4) is 0 Å². The number of hydrogen-bond donors (Lipinski definition) is 1. The third-order valence-corrected chi connectivity index (χ3v) is 6.43. The normalized spacial score (nSPS) is 18.4. The lowest BCUT2D eigenvalue weighted by atomic mass is 9.99. The largest absolute Gasteiger partial charge is 0.459 e.